The van der Waals surface area contributed by atoms with E-state index in [9.17, 15) is 9.59 Å². The van der Waals surface area contributed by atoms with E-state index in [1.807, 2.05) is 54.6 Å². The molecule has 0 aliphatic carbocycles. The first-order valence-electron chi connectivity index (χ1n) is 8.22. The second-order valence-electron chi connectivity index (χ2n) is 5.87. The van der Waals surface area contributed by atoms with Crippen molar-refractivity contribution in [3.63, 3.8) is 0 Å². The molecule has 2 amide bonds. The average molecular weight is 352 g/mol. The maximum absolute atomic E-state index is 12.2. The summed E-state index contributed by atoms with van der Waals surface area (Å²) < 4.78 is 10.8. The number of hydrogen-bond donors (Lipinski definition) is 2. The molecule has 26 heavy (non-hydrogen) atoms. The Morgan fingerprint density at radius 2 is 1.77 bits per heavy atom. The molecule has 0 saturated carbocycles. The smallest absolute Gasteiger partial charge is 0.337 e. The summed E-state index contributed by atoms with van der Waals surface area (Å²) >= 11 is 0. The maximum atomic E-state index is 12.2. The monoisotopic (exact) mass is 352 g/mol. The summed E-state index contributed by atoms with van der Waals surface area (Å²) in [6, 6.07) is 16.1. The van der Waals surface area contributed by atoms with E-state index in [4.69, 9.17) is 9.47 Å². The molecule has 1 heterocycles. The highest BCUT2D eigenvalue weighted by Crippen LogP contribution is 2.33. The topological polar surface area (TPSA) is 76.7 Å². The quantitative estimate of drug-likeness (QED) is 0.811. The third kappa shape index (κ3) is 3.69. The number of carbonyl (C=O) groups excluding carboxylic acids is 2. The first-order chi connectivity index (χ1) is 12.6. The van der Waals surface area contributed by atoms with E-state index in [0.29, 0.717) is 29.2 Å². The summed E-state index contributed by atoms with van der Waals surface area (Å²) in [6.45, 7) is 2.05. The fourth-order valence-corrected chi connectivity index (χ4v) is 2.89. The number of ether oxygens (including phenoxy) is 2. The second kappa shape index (κ2) is 7.74. The fraction of sp³-hybridized carbons (Fsp3) is 0.200. The van der Waals surface area contributed by atoms with Gasteiger partial charge in [0.1, 0.15) is 12.4 Å². The van der Waals surface area contributed by atoms with Crippen molar-refractivity contribution >= 4 is 12.0 Å². The molecular formula is C20H20N2O4. The van der Waals surface area contributed by atoms with Crippen molar-refractivity contribution in [2.24, 2.45) is 0 Å². The van der Waals surface area contributed by atoms with Crippen LogP contribution >= 0.6 is 0 Å². The predicted octanol–water partition coefficient (Wildman–Crippen LogP) is 3.07. The van der Waals surface area contributed by atoms with Gasteiger partial charge in [0, 0.05) is 11.3 Å². The number of methoxy groups -OCH3 is 1. The van der Waals surface area contributed by atoms with E-state index in [-0.39, 0.29) is 6.03 Å². The molecule has 3 rings (SSSR count). The highest BCUT2D eigenvalue weighted by atomic mass is 16.5. The zero-order valence-corrected chi connectivity index (χ0v) is 14.6. The van der Waals surface area contributed by atoms with Crippen LogP contribution in [0.4, 0.5) is 4.79 Å². The van der Waals surface area contributed by atoms with E-state index in [1.54, 1.807) is 6.92 Å². The molecule has 6 nitrogen and oxygen atoms in total. The van der Waals surface area contributed by atoms with Gasteiger partial charge in [-0.15, -0.1) is 0 Å². The second-order valence-corrected chi connectivity index (χ2v) is 5.87. The highest BCUT2D eigenvalue weighted by molar-refractivity contribution is 5.95. The summed E-state index contributed by atoms with van der Waals surface area (Å²) in [5, 5.41) is 5.39. The first-order valence-corrected chi connectivity index (χ1v) is 8.22. The van der Waals surface area contributed by atoms with Crippen molar-refractivity contribution in [2.45, 2.75) is 19.6 Å². The van der Waals surface area contributed by atoms with Gasteiger partial charge in [0.2, 0.25) is 0 Å². The van der Waals surface area contributed by atoms with Crippen LogP contribution in [0.25, 0.3) is 0 Å². The molecule has 134 valence electrons. The molecule has 1 aliphatic heterocycles. The SMILES string of the molecule is COC(=O)C1=C(C)NC(=O)N[C@@H]1c1ccccc1OCc1ccccc1. The molecule has 2 aromatic carbocycles. The van der Waals surface area contributed by atoms with E-state index in [2.05, 4.69) is 10.6 Å². The van der Waals surface area contributed by atoms with Crippen molar-refractivity contribution in [1.29, 1.82) is 0 Å². The van der Waals surface area contributed by atoms with Crippen molar-refractivity contribution < 1.29 is 19.1 Å². The zero-order valence-electron chi connectivity index (χ0n) is 14.6. The van der Waals surface area contributed by atoms with Crippen LogP contribution < -0.4 is 15.4 Å². The minimum atomic E-state index is -0.650. The third-order valence-corrected chi connectivity index (χ3v) is 4.14. The molecule has 0 fully saturated rings. The maximum Gasteiger partial charge on any atom is 0.337 e. The Morgan fingerprint density at radius 1 is 1.08 bits per heavy atom. The molecule has 2 N–H and O–H groups in total. The molecule has 0 spiro atoms. The van der Waals surface area contributed by atoms with E-state index >= 15 is 0 Å². The minimum Gasteiger partial charge on any atom is -0.489 e. The van der Waals surface area contributed by atoms with Gasteiger partial charge in [0.05, 0.1) is 18.7 Å². The van der Waals surface area contributed by atoms with Crippen LogP contribution in [-0.2, 0) is 16.1 Å². The van der Waals surface area contributed by atoms with Gasteiger partial charge in [-0.25, -0.2) is 9.59 Å². The van der Waals surface area contributed by atoms with Crippen molar-refractivity contribution in [2.75, 3.05) is 7.11 Å². The molecule has 6 heteroatoms. The van der Waals surface area contributed by atoms with Crippen LogP contribution in [-0.4, -0.2) is 19.1 Å². The lowest BCUT2D eigenvalue weighted by atomic mass is 9.95. The molecule has 0 unspecified atom stereocenters. The Hall–Kier alpha value is -3.28. The average Bonchev–Trinajstić information content (AvgIpc) is 2.66. The van der Waals surface area contributed by atoms with Crippen molar-refractivity contribution in [3.05, 3.63) is 77.0 Å². The number of esters is 1. The Kier molecular flexibility index (Phi) is 5.22. The summed E-state index contributed by atoms with van der Waals surface area (Å²) in [6.07, 6.45) is 0. The number of nitrogens with one attached hydrogen (secondary N) is 2. The molecule has 0 saturated heterocycles. The summed E-state index contributed by atoms with van der Waals surface area (Å²) in [7, 11) is 1.31. The lowest BCUT2D eigenvalue weighted by Gasteiger charge is -2.29. The minimum absolute atomic E-state index is 0.350. The van der Waals surface area contributed by atoms with Crippen LogP contribution in [0, 0.1) is 0 Å². The summed E-state index contributed by atoms with van der Waals surface area (Å²) in [5.74, 6) is 0.0932. The first kappa shape index (κ1) is 17.5. The highest BCUT2D eigenvalue weighted by Gasteiger charge is 2.33. The standard InChI is InChI=1S/C20H20N2O4/c1-13-17(19(23)25-2)18(22-20(24)21-13)15-10-6-7-11-16(15)26-12-14-8-4-3-5-9-14/h3-11,18H,12H2,1-2H3,(H2,21,22,24)/t18-/m1/s1. The number of rotatable bonds is 5. The largest absolute Gasteiger partial charge is 0.489 e. The fourth-order valence-electron chi connectivity index (χ4n) is 2.89. The molecule has 0 radical (unpaired) electrons. The van der Waals surface area contributed by atoms with Gasteiger partial charge in [-0.1, -0.05) is 48.5 Å². The van der Waals surface area contributed by atoms with Gasteiger partial charge in [0.25, 0.3) is 0 Å². The van der Waals surface area contributed by atoms with Gasteiger partial charge < -0.3 is 20.1 Å². The molecule has 0 bridgehead atoms. The summed E-state index contributed by atoms with van der Waals surface area (Å²) in [4.78, 5) is 24.2. The number of carbonyl (C=O) groups is 2. The molecule has 1 atom stereocenters. The van der Waals surface area contributed by atoms with Gasteiger partial charge in [-0.2, -0.15) is 0 Å². The van der Waals surface area contributed by atoms with Gasteiger partial charge >= 0.3 is 12.0 Å². The molecule has 0 aromatic heterocycles. The molecule has 2 aromatic rings. The van der Waals surface area contributed by atoms with E-state index in [0.717, 1.165) is 5.56 Å². The van der Waals surface area contributed by atoms with E-state index < -0.39 is 12.0 Å². The lowest BCUT2D eigenvalue weighted by molar-refractivity contribution is -0.136. The number of amides is 2. The number of urea groups is 1. The van der Waals surface area contributed by atoms with Gasteiger partial charge in [0.15, 0.2) is 0 Å². The van der Waals surface area contributed by atoms with Gasteiger partial charge in [-0.3, -0.25) is 0 Å². The molecular weight excluding hydrogens is 332 g/mol. The Balaban J connectivity index is 1.93. The van der Waals surface area contributed by atoms with Gasteiger partial charge in [-0.05, 0) is 18.6 Å². The zero-order chi connectivity index (χ0) is 18.5. The summed E-state index contributed by atoms with van der Waals surface area (Å²) in [5.41, 5.74) is 2.53. The Morgan fingerprint density at radius 3 is 2.50 bits per heavy atom. The number of allylic oxidation sites excluding steroid dienone is 1. The normalized spacial score (nSPS) is 16.5. The Labute approximate surface area is 151 Å². The van der Waals surface area contributed by atoms with Crippen LogP contribution in [0.5, 0.6) is 5.75 Å². The third-order valence-electron chi connectivity index (χ3n) is 4.14. The van der Waals surface area contributed by atoms with E-state index in [1.165, 1.54) is 7.11 Å². The predicted molar refractivity (Wildman–Crippen MR) is 96.3 cm³/mol. The number of benzene rings is 2. The number of para-hydroxylation sites is 1. The van der Waals surface area contributed by atoms with Crippen LogP contribution in [0.2, 0.25) is 0 Å². The number of hydrogen-bond acceptors (Lipinski definition) is 4. The lowest BCUT2D eigenvalue weighted by Crippen LogP contribution is -2.45. The van der Waals surface area contributed by atoms with Crippen LogP contribution in [0.3, 0.4) is 0 Å². The van der Waals surface area contributed by atoms with Crippen molar-refractivity contribution in [3.8, 4) is 5.75 Å². The van der Waals surface area contributed by atoms with Crippen LogP contribution in [0.1, 0.15) is 24.1 Å². The Bertz CT molecular complexity index is 846. The molecule has 1 aliphatic rings. The van der Waals surface area contributed by atoms with Crippen LogP contribution in [0.15, 0.2) is 65.9 Å². The van der Waals surface area contributed by atoms with Crippen molar-refractivity contribution in [1.82, 2.24) is 10.6 Å².